The van der Waals surface area contributed by atoms with Crippen LogP contribution in [-0.4, -0.2) is 32.5 Å². The van der Waals surface area contributed by atoms with Gasteiger partial charge in [-0.2, -0.15) is 0 Å². The summed E-state index contributed by atoms with van der Waals surface area (Å²) in [6.07, 6.45) is 0. The molecule has 0 aliphatic rings. The number of pyridine rings is 1. The fourth-order valence-corrected chi connectivity index (χ4v) is 1.07. The van der Waals surface area contributed by atoms with Crippen LogP contribution < -0.4 is 10.9 Å². The van der Waals surface area contributed by atoms with Gasteiger partial charge in [0.1, 0.15) is 6.61 Å². The summed E-state index contributed by atoms with van der Waals surface area (Å²) in [6.45, 7) is 0.537. The van der Waals surface area contributed by atoms with E-state index in [0.717, 1.165) is 11.3 Å². The van der Waals surface area contributed by atoms with Crippen LogP contribution in [0.5, 0.6) is 0 Å². The van der Waals surface area contributed by atoms with E-state index in [0.29, 0.717) is 6.54 Å². The smallest absolute Gasteiger partial charge is 0.246 e. The van der Waals surface area contributed by atoms with Gasteiger partial charge in [0.25, 0.3) is 0 Å². The quantitative estimate of drug-likeness (QED) is 0.597. The average molecular weight is 192 g/mol. The Morgan fingerprint density at radius 3 is 3.07 bits per heavy atom. The van der Waals surface area contributed by atoms with Crippen LogP contribution in [0.3, 0.4) is 0 Å². The highest BCUT2D eigenvalue weighted by atomic mass is 16.5. The van der Waals surface area contributed by atoms with Gasteiger partial charge in [0.15, 0.2) is 7.85 Å². The first-order valence-corrected chi connectivity index (χ1v) is 4.40. The van der Waals surface area contributed by atoms with Gasteiger partial charge in [-0.25, -0.2) is 0 Å². The topological polar surface area (TPSA) is 51.2 Å². The number of hydrogen-bond donors (Lipinski definition) is 1. The lowest BCUT2D eigenvalue weighted by Crippen LogP contribution is -2.27. The summed E-state index contributed by atoms with van der Waals surface area (Å²) >= 11 is 0. The lowest BCUT2D eigenvalue weighted by atomic mass is 10.0. The molecule has 0 aliphatic carbocycles. The van der Waals surface area contributed by atoms with Gasteiger partial charge in [-0.05, 0) is 11.7 Å². The predicted molar refractivity (Wildman–Crippen MR) is 56.1 cm³/mol. The number of carbonyl (C=O) groups excluding carboxylic acids is 1. The second-order valence-electron chi connectivity index (χ2n) is 2.98. The predicted octanol–water partition coefficient (Wildman–Crippen LogP) is -1.40. The van der Waals surface area contributed by atoms with Crippen LogP contribution in [0.1, 0.15) is 5.69 Å². The maximum atomic E-state index is 11.0. The Morgan fingerprint density at radius 2 is 2.43 bits per heavy atom. The normalized spacial score (nSPS) is 9.79. The minimum absolute atomic E-state index is 0.0891. The Balaban J connectivity index is 2.41. The van der Waals surface area contributed by atoms with Crippen molar-refractivity contribution in [3.8, 4) is 0 Å². The molecular formula is C9H13BN2O2. The SMILES string of the molecule is Bc1cccc(CNC(=O)COC)n1. The number of nitrogens with one attached hydrogen (secondary N) is 1. The van der Waals surface area contributed by atoms with Crippen molar-refractivity contribution in [1.82, 2.24) is 10.3 Å². The van der Waals surface area contributed by atoms with E-state index >= 15 is 0 Å². The van der Waals surface area contributed by atoms with E-state index < -0.39 is 0 Å². The van der Waals surface area contributed by atoms with Gasteiger partial charge in [-0.3, -0.25) is 9.78 Å². The lowest BCUT2D eigenvalue weighted by molar-refractivity contribution is -0.124. The Morgan fingerprint density at radius 1 is 1.64 bits per heavy atom. The number of amides is 1. The summed E-state index contributed by atoms with van der Waals surface area (Å²) in [5.74, 6) is -0.129. The van der Waals surface area contributed by atoms with E-state index in [2.05, 4.69) is 15.0 Å². The number of carbonyl (C=O) groups is 1. The Bertz CT molecular complexity index is 317. The van der Waals surface area contributed by atoms with Crippen molar-refractivity contribution in [3.63, 3.8) is 0 Å². The van der Waals surface area contributed by atoms with Crippen LogP contribution in [0.25, 0.3) is 0 Å². The van der Waals surface area contributed by atoms with Crippen molar-refractivity contribution in [2.45, 2.75) is 6.54 Å². The fraction of sp³-hybridized carbons (Fsp3) is 0.333. The van der Waals surface area contributed by atoms with Crippen LogP contribution in [0, 0.1) is 0 Å². The van der Waals surface area contributed by atoms with Gasteiger partial charge >= 0.3 is 0 Å². The number of methoxy groups -OCH3 is 1. The van der Waals surface area contributed by atoms with Crippen LogP contribution in [0.2, 0.25) is 0 Å². The summed E-state index contributed by atoms with van der Waals surface area (Å²) in [6, 6.07) is 5.71. The summed E-state index contributed by atoms with van der Waals surface area (Å²) in [5, 5.41) is 2.70. The van der Waals surface area contributed by atoms with Crippen molar-refractivity contribution in [3.05, 3.63) is 23.9 Å². The zero-order valence-electron chi connectivity index (χ0n) is 8.41. The van der Waals surface area contributed by atoms with Gasteiger partial charge < -0.3 is 10.1 Å². The third-order valence-corrected chi connectivity index (χ3v) is 1.69. The molecule has 0 saturated heterocycles. The van der Waals surface area contributed by atoms with Crippen molar-refractivity contribution in [2.24, 2.45) is 0 Å². The van der Waals surface area contributed by atoms with Crippen LogP contribution >= 0.6 is 0 Å². The van der Waals surface area contributed by atoms with Crippen molar-refractivity contribution >= 4 is 19.3 Å². The Hall–Kier alpha value is -1.36. The average Bonchev–Trinajstić information content (AvgIpc) is 2.15. The molecular weight excluding hydrogens is 179 g/mol. The van der Waals surface area contributed by atoms with Gasteiger partial charge in [0.05, 0.1) is 12.2 Å². The number of ether oxygens (including phenoxy) is 1. The van der Waals surface area contributed by atoms with Gasteiger partial charge in [-0.15, -0.1) is 0 Å². The van der Waals surface area contributed by atoms with Gasteiger partial charge in [-0.1, -0.05) is 12.1 Å². The number of aromatic nitrogens is 1. The molecule has 0 aromatic carbocycles. The minimum Gasteiger partial charge on any atom is -0.375 e. The molecule has 0 unspecified atom stereocenters. The van der Waals surface area contributed by atoms with Crippen LogP contribution in [-0.2, 0) is 16.1 Å². The third kappa shape index (κ3) is 3.57. The first kappa shape index (κ1) is 10.7. The molecule has 0 spiro atoms. The molecule has 0 fully saturated rings. The zero-order chi connectivity index (χ0) is 10.4. The summed E-state index contributed by atoms with van der Waals surface area (Å²) in [4.78, 5) is 15.3. The molecule has 1 amide bonds. The summed E-state index contributed by atoms with van der Waals surface area (Å²) in [7, 11) is 3.41. The fourth-order valence-electron chi connectivity index (χ4n) is 1.07. The van der Waals surface area contributed by atoms with Gasteiger partial charge in [0.2, 0.25) is 5.91 Å². The molecule has 74 valence electrons. The minimum atomic E-state index is -0.129. The van der Waals surface area contributed by atoms with E-state index in [1.807, 2.05) is 26.0 Å². The van der Waals surface area contributed by atoms with Crippen molar-refractivity contribution in [2.75, 3.05) is 13.7 Å². The molecule has 1 aromatic heterocycles. The molecule has 0 bridgehead atoms. The maximum Gasteiger partial charge on any atom is 0.246 e. The highest BCUT2D eigenvalue weighted by Gasteiger charge is 2.00. The molecule has 14 heavy (non-hydrogen) atoms. The van der Waals surface area contributed by atoms with E-state index in [4.69, 9.17) is 0 Å². The molecule has 1 heterocycles. The second kappa shape index (κ2) is 5.39. The van der Waals surface area contributed by atoms with E-state index in [1.54, 1.807) is 0 Å². The van der Waals surface area contributed by atoms with E-state index in [9.17, 15) is 4.79 Å². The van der Waals surface area contributed by atoms with Crippen molar-refractivity contribution in [1.29, 1.82) is 0 Å². The Kier molecular flexibility index (Phi) is 4.13. The highest BCUT2D eigenvalue weighted by Crippen LogP contribution is 1.89. The third-order valence-electron chi connectivity index (χ3n) is 1.69. The molecule has 1 N–H and O–H groups in total. The molecule has 1 rings (SSSR count). The monoisotopic (exact) mass is 192 g/mol. The van der Waals surface area contributed by atoms with Crippen LogP contribution in [0.15, 0.2) is 18.2 Å². The van der Waals surface area contributed by atoms with Crippen LogP contribution in [0.4, 0.5) is 0 Å². The molecule has 1 aromatic rings. The second-order valence-corrected chi connectivity index (χ2v) is 2.98. The summed E-state index contributed by atoms with van der Waals surface area (Å²) in [5.41, 5.74) is 1.80. The standard InChI is InChI=1S/C9H13BN2O2/c1-14-6-9(13)11-5-7-3-2-4-8(10)12-7/h2-4H,5-6,10H2,1H3,(H,11,13). The molecule has 4 nitrogen and oxygen atoms in total. The molecule has 0 aliphatic heterocycles. The maximum absolute atomic E-state index is 11.0. The van der Waals surface area contributed by atoms with Crippen molar-refractivity contribution < 1.29 is 9.53 Å². The van der Waals surface area contributed by atoms with Gasteiger partial charge in [0, 0.05) is 7.11 Å². The molecule has 0 saturated carbocycles. The molecule has 0 atom stereocenters. The number of rotatable bonds is 4. The van der Waals surface area contributed by atoms with E-state index in [-0.39, 0.29) is 12.5 Å². The lowest BCUT2D eigenvalue weighted by Gasteiger charge is -2.04. The first-order chi connectivity index (χ1) is 6.72. The number of nitrogens with zero attached hydrogens (tertiary/aromatic N) is 1. The highest BCUT2D eigenvalue weighted by molar-refractivity contribution is 6.30. The Labute approximate surface area is 84.1 Å². The largest absolute Gasteiger partial charge is 0.375 e. The van der Waals surface area contributed by atoms with E-state index in [1.165, 1.54) is 7.11 Å². The summed E-state index contributed by atoms with van der Waals surface area (Å²) < 4.78 is 4.68. The first-order valence-electron chi connectivity index (χ1n) is 4.40. The number of hydrogen-bond acceptors (Lipinski definition) is 3. The molecule has 5 heteroatoms. The zero-order valence-corrected chi connectivity index (χ0v) is 8.41. The molecule has 0 radical (unpaired) electrons.